The lowest BCUT2D eigenvalue weighted by Gasteiger charge is -2.36. The van der Waals surface area contributed by atoms with E-state index in [0.29, 0.717) is 37.3 Å². The Hall–Kier alpha value is -2.42. The van der Waals surface area contributed by atoms with Crippen molar-refractivity contribution in [3.63, 3.8) is 0 Å². The van der Waals surface area contributed by atoms with Crippen LogP contribution in [0.25, 0.3) is 0 Å². The number of piperidine rings is 1. The largest absolute Gasteiger partial charge is 0.381 e. The lowest BCUT2D eigenvalue weighted by molar-refractivity contribution is -0.126. The van der Waals surface area contributed by atoms with Gasteiger partial charge in [-0.05, 0) is 69.1 Å². The topological polar surface area (TPSA) is 97.3 Å². The van der Waals surface area contributed by atoms with Gasteiger partial charge < -0.3 is 20.7 Å². The van der Waals surface area contributed by atoms with Gasteiger partial charge in [0.25, 0.3) is 11.8 Å². The summed E-state index contributed by atoms with van der Waals surface area (Å²) in [5.74, 6) is -0.178. The highest BCUT2D eigenvalue weighted by Gasteiger charge is 2.42. The quantitative estimate of drug-likeness (QED) is 0.669. The minimum absolute atomic E-state index is 0. The Morgan fingerprint density at radius 3 is 2.47 bits per heavy atom. The van der Waals surface area contributed by atoms with E-state index in [4.69, 9.17) is 4.74 Å². The minimum atomic E-state index is -0.701. The van der Waals surface area contributed by atoms with Crippen LogP contribution in [-0.2, 0) is 15.1 Å². The summed E-state index contributed by atoms with van der Waals surface area (Å²) in [6.07, 6.45) is 6.56. The summed E-state index contributed by atoms with van der Waals surface area (Å²) in [6, 6.07) is 9.02. The molecule has 4 rings (SSSR count). The maximum atomic E-state index is 13.2. The third kappa shape index (κ3) is 4.83. The second-order valence-corrected chi connectivity index (χ2v) is 7.62. The number of carbonyl (C=O) groups excluding carboxylic acids is 2. The smallest absolute Gasteiger partial charge is 0.252 e. The molecule has 30 heavy (non-hydrogen) atoms. The Balaban J connectivity index is 0.00000256. The van der Waals surface area contributed by atoms with Crippen LogP contribution in [0.15, 0.2) is 42.7 Å². The molecule has 162 valence electrons. The van der Waals surface area contributed by atoms with E-state index in [1.165, 1.54) is 0 Å². The van der Waals surface area contributed by atoms with Crippen molar-refractivity contribution in [2.45, 2.75) is 37.3 Å². The van der Waals surface area contributed by atoms with Crippen LogP contribution in [-0.4, -0.2) is 53.9 Å². The highest BCUT2D eigenvalue weighted by atomic mass is 35.5. The summed E-state index contributed by atoms with van der Waals surface area (Å²) >= 11 is 0. The summed E-state index contributed by atoms with van der Waals surface area (Å²) in [6.45, 7) is 2.89. The molecule has 2 aliphatic rings. The third-order valence-corrected chi connectivity index (χ3v) is 5.76. The zero-order valence-electron chi connectivity index (χ0n) is 16.8. The number of hydrogen-bond acceptors (Lipinski definition) is 5. The Morgan fingerprint density at radius 1 is 1.13 bits per heavy atom. The number of halogens is 1. The van der Waals surface area contributed by atoms with Crippen molar-refractivity contribution in [3.8, 4) is 0 Å². The average Bonchev–Trinajstić information content (AvgIpc) is 3.31. The summed E-state index contributed by atoms with van der Waals surface area (Å²) in [7, 11) is 0. The second kappa shape index (κ2) is 10.1. The van der Waals surface area contributed by atoms with Crippen LogP contribution >= 0.6 is 12.4 Å². The van der Waals surface area contributed by atoms with Crippen LogP contribution in [0.4, 0.5) is 5.69 Å². The molecule has 3 N–H and O–H groups in total. The van der Waals surface area contributed by atoms with E-state index in [-0.39, 0.29) is 30.3 Å². The Kier molecular flexibility index (Phi) is 7.47. The average molecular weight is 434 g/mol. The van der Waals surface area contributed by atoms with E-state index in [9.17, 15) is 9.59 Å². The minimum Gasteiger partial charge on any atom is -0.381 e. The van der Waals surface area contributed by atoms with Gasteiger partial charge >= 0.3 is 0 Å². The maximum Gasteiger partial charge on any atom is 0.252 e. The summed E-state index contributed by atoms with van der Waals surface area (Å²) < 4.78 is 7.09. The van der Waals surface area contributed by atoms with Gasteiger partial charge in [-0.3, -0.25) is 14.3 Å². The highest BCUT2D eigenvalue weighted by molar-refractivity contribution is 5.98. The van der Waals surface area contributed by atoms with Gasteiger partial charge in [-0.25, -0.2) is 0 Å². The number of ether oxygens (including phenoxy) is 1. The molecule has 2 amide bonds. The zero-order valence-corrected chi connectivity index (χ0v) is 17.6. The van der Waals surface area contributed by atoms with Gasteiger partial charge in [-0.1, -0.05) is 0 Å². The van der Waals surface area contributed by atoms with Gasteiger partial charge in [0.05, 0.1) is 0 Å². The summed E-state index contributed by atoms with van der Waals surface area (Å²) in [5, 5.41) is 13.7. The number of benzene rings is 1. The number of carbonyl (C=O) groups is 2. The van der Waals surface area contributed by atoms with Crippen LogP contribution in [0.5, 0.6) is 0 Å². The number of anilines is 1. The second-order valence-electron chi connectivity index (χ2n) is 7.62. The van der Waals surface area contributed by atoms with Crippen molar-refractivity contribution >= 4 is 29.9 Å². The SMILES string of the molecule is Cl.O=C(NC1CCOCC1)c1ccc(NC(=O)C2(n3cccn3)CCNCC2)cc1. The number of aromatic nitrogens is 2. The zero-order chi connectivity index (χ0) is 20.1. The molecule has 0 bridgehead atoms. The summed E-state index contributed by atoms with van der Waals surface area (Å²) in [5.41, 5.74) is 0.550. The van der Waals surface area contributed by atoms with E-state index in [2.05, 4.69) is 21.0 Å². The van der Waals surface area contributed by atoms with Gasteiger partial charge in [-0.2, -0.15) is 5.10 Å². The standard InChI is InChI=1S/C21H27N5O3.ClH/c27-19(24-18-6-14-29-15-7-18)16-2-4-17(5-3-16)25-20(28)21(8-11-22-12-9-21)26-13-1-10-23-26;/h1-5,10,13,18,22H,6-9,11-12,14-15H2,(H,24,27)(H,25,28);1H. The molecule has 9 heteroatoms. The molecule has 0 radical (unpaired) electrons. The van der Waals surface area contributed by atoms with E-state index in [0.717, 1.165) is 25.9 Å². The molecule has 0 aliphatic carbocycles. The molecule has 2 aliphatic heterocycles. The van der Waals surface area contributed by atoms with E-state index in [1.807, 2.05) is 12.3 Å². The molecule has 0 atom stereocenters. The van der Waals surface area contributed by atoms with E-state index < -0.39 is 5.54 Å². The van der Waals surface area contributed by atoms with Crippen molar-refractivity contribution in [3.05, 3.63) is 48.3 Å². The Bertz CT molecular complexity index is 829. The molecule has 3 heterocycles. The molecule has 2 fully saturated rings. The van der Waals surface area contributed by atoms with Crippen molar-refractivity contribution in [2.75, 3.05) is 31.6 Å². The highest BCUT2D eigenvalue weighted by Crippen LogP contribution is 2.28. The fraction of sp³-hybridized carbons (Fsp3) is 0.476. The molecule has 2 saturated heterocycles. The van der Waals surface area contributed by atoms with Crippen LogP contribution in [0, 0.1) is 0 Å². The monoisotopic (exact) mass is 433 g/mol. The van der Waals surface area contributed by atoms with Gasteiger partial charge in [0, 0.05) is 42.9 Å². The number of hydrogen-bond donors (Lipinski definition) is 3. The molecule has 0 saturated carbocycles. The Morgan fingerprint density at radius 2 is 1.83 bits per heavy atom. The predicted octanol–water partition coefficient (Wildman–Crippen LogP) is 1.93. The fourth-order valence-electron chi connectivity index (χ4n) is 3.99. The number of nitrogens with one attached hydrogen (secondary N) is 3. The lowest BCUT2D eigenvalue weighted by atomic mass is 9.87. The first-order chi connectivity index (χ1) is 14.2. The van der Waals surface area contributed by atoms with Crippen molar-refractivity contribution in [2.24, 2.45) is 0 Å². The first-order valence-electron chi connectivity index (χ1n) is 10.2. The predicted molar refractivity (Wildman–Crippen MR) is 116 cm³/mol. The maximum absolute atomic E-state index is 13.2. The number of nitrogens with zero attached hydrogens (tertiary/aromatic N) is 2. The van der Waals surface area contributed by atoms with Crippen molar-refractivity contribution in [1.29, 1.82) is 0 Å². The van der Waals surface area contributed by atoms with Gasteiger partial charge in [0.2, 0.25) is 0 Å². The normalized spacial score (nSPS) is 18.8. The van der Waals surface area contributed by atoms with Crippen LogP contribution in [0.3, 0.4) is 0 Å². The van der Waals surface area contributed by atoms with Gasteiger partial charge in [0.15, 0.2) is 0 Å². The van der Waals surface area contributed by atoms with Crippen LogP contribution < -0.4 is 16.0 Å². The molecule has 0 spiro atoms. The first-order valence-corrected chi connectivity index (χ1v) is 10.2. The van der Waals surface area contributed by atoms with Gasteiger partial charge in [0.1, 0.15) is 5.54 Å². The molecule has 0 unspecified atom stereocenters. The molecule has 1 aromatic heterocycles. The van der Waals surface area contributed by atoms with Crippen molar-refractivity contribution in [1.82, 2.24) is 20.4 Å². The lowest BCUT2D eigenvalue weighted by Crippen LogP contribution is -2.52. The Labute approximate surface area is 182 Å². The number of amides is 2. The molecule has 2 aromatic rings. The third-order valence-electron chi connectivity index (χ3n) is 5.76. The van der Waals surface area contributed by atoms with Gasteiger partial charge in [-0.15, -0.1) is 12.4 Å². The van der Waals surface area contributed by atoms with Crippen molar-refractivity contribution < 1.29 is 14.3 Å². The van der Waals surface area contributed by atoms with E-state index in [1.54, 1.807) is 35.1 Å². The molecular formula is C21H28ClN5O3. The fourth-order valence-corrected chi connectivity index (χ4v) is 3.99. The summed E-state index contributed by atoms with van der Waals surface area (Å²) in [4.78, 5) is 25.6. The van der Waals surface area contributed by atoms with Crippen LogP contribution in [0.1, 0.15) is 36.0 Å². The number of rotatable bonds is 5. The molecule has 8 nitrogen and oxygen atoms in total. The molecular weight excluding hydrogens is 406 g/mol. The molecule has 1 aromatic carbocycles. The van der Waals surface area contributed by atoms with Crippen LogP contribution in [0.2, 0.25) is 0 Å². The van der Waals surface area contributed by atoms with E-state index >= 15 is 0 Å². The first kappa shape index (κ1) is 22.3.